The summed E-state index contributed by atoms with van der Waals surface area (Å²) in [6.07, 6.45) is 0. The van der Waals surface area contributed by atoms with E-state index in [4.69, 9.17) is 40.5 Å². The molecule has 0 atom stereocenters. The van der Waals surface area contributed by atoms with Crippen LogP contribution in [0, 0.1) is 0 Å². The van der Waals surface area contributed by atoms with Crippen molar-refractivity contribution in [3.63, 3.8) is 0 Å². The average molecular weight is 345 g/mol. The molecule has 0 radical (unpaired) electrons. The van der Waals surface area contributed by atoms with Gasteiger partial charge in [-0.05, 0) is 12.1 Å². The van der Waals surface area contributed by atoms with Gasteiger partial charge in [0.2, 0.25) is 0 Å². The van der Waals surface area contributed by atoms with Crippen LogP contribution < -0.4 is 5.73 Å². The molecule has 102 valence electrons. The molecule has 0 spiro atoms. The fourth-order valence-electron chi connectivity index (χ4n) is 2.00. The van der Waals surface area contributed by atoms with E-state index in [1.807, 2.05) is 18.2 Å². The second-order valence-corrected chi connectivity index (χ2v) is 6.77. The Bertz CT molecular complexity index is 779. The Labute approximate surface area is 134 Å². The molecular weight excluding hydrogens is 337 g/mol. The molecule has 0 fully saturated rings. The van der Waals surface area contributed by atoms with Crippen molar-refractivity contribution in [3.8, 4) is 22.4 Å². The number of nitrogen functional groups attached to an aromatic ring is 1. The smallest absolute Gasteiger partial charge is 0.153 e. The molecule has 0 bridgehead atoms. The number of nitrogens with two attached hydrogens (primary N) is 1. The van der Waals surface area contributed by atoms with Gasteiger partial charge in [0.1, 0.15) is 4.34 Å². The van der Waals surface area contributed by atoms with Gasteiger partial charge < -0.3 is 5.73 Å². The van der Waals surface area contributed by atoms with Crippen molar-refractivity contribution in [1.29, 1.82) is 0 Å². The number of rotatable bonds is 2. The van der Waals surface area contributed by atoms with Crippen LogP contribution in [0.25, 0.3) is 22.4 Å². The van der Waals surface area contributed by atoms with Crippen molar-refractivity contribution in [2.45, 2.75) is 0 Å². The Balaban J connectivity index is 2.26. The molecule has 7 heteroatoms. The summed E-state index contributed by atoms with van der Waals surface area (Å²) in [5.41, 5.74) is 8.97. The number of thiophene rings is 1. The molecule has 0 saturated heterocycles. The minimum absolute atomic E-state index is 0.367. The Morgan fingerprint density at radius 3 is 2.50 bits per heavy atom. The monoisotopic (exact) mass is 343 g/mol. The van der Waals surface area contributed by atoms with Crippen molar-refractivity contribution in [1.82, 2.24) is 10.2 Å². The fraction of sp³-hybridized carbons (Fsp3) is 0. The zero-order valence-electron chi connectivity index (χ0n) is 9.95. The van der Waals surface area contributed by atoms with Crippen LogP contribution in [0.3, 0.4) is 0 Å². The van der Waals surface area contributed by atoms with E-state index in [-0.39, 0.29) is 0 Å². The zero-order valence-corrected chi connectivity index (χ0v) is 13.0. The first-order valence-electron chi connectivity index (χ1n) is 5.62. The van der Waals surface area contributed by atoms with E-state index in [9.17, 15) is 0 Å². The first-order valence-corrected chi connectivity index (χ1v) is 7.57. The third kappa shape index (κ3) is 2.29. The van der Waals surface area contributed by atoms with Gasteiger partial charge in [0.25, 0.3) is 0 Å². The molecule has 0 saturated carbocycles. The van der Waals surface area contributed by atoms with Crippen molar-refractivity contribution in [3.05, 3.63) is 44.0 Å². The summed E-state index contributed by atoms with van der Waals surface area (Å²) < 4.78 is 1.18. The first kappa shape index (κ1) is 13.8. The second-order valence-electron chi connectivity index (χ2n) is 4.08. The van der Waals surface area contributed by atoms with Gasteiger partial charge in [-0.1, -0.05) is 53.0 Å². The number of nitrogens with one attached hydrogen (secondary N) is 1. The SMILES string of the molecule is Nc1n[nH]c(-c2cc(Cl)sc2Cl)c1-c1ccccc1Cl. The Morgan fingerprint density at radius 1 is 1.10 bits per heavy atom. The van der Waals surface area contributed by atoms with Gasteiger partial charge >= 0.3 is 0 Å². The highest BCUT2D eigenvalue weighted by atomic mass is 35.5. The number of H-pyrrole nitrogens is 1. The number of anilines is 1. The van der Waals surface area contributed by atoms with Gasteiger partial charge in [0.15, 0.2) is 5.82 Å². The third-order valence-electron chi connectivity index (χ3n) is 2.86. The van der Waals surface area contributed by atoms with Crippen LogP contribution in [0.5, 0.6) is 0 Å². The highest BCUT2D eigenvalue weighted by molar-refractivity contribution is 7.20. The highest BCUT2D eigenvalue weighted by Gasteiger charge is 2.20. The zero-order chi connectivity index (χ0) is 14.3. The largest absolute Gasteiger partial charge is 0.382 e. The van der Waals surface area contributed by atoms with Gasteiger partial charge in [-0.15, -0.1) is 11.3 Å². The molecule has 3 rings (SSSR count). The van der Waals surface area contributed by atoms with E-state index in [1.54, 1.807) is 12.1 Å². The van der Waals surface area contributed by atoms with Crippen LogP contribution in [0.1, 0.15) is 0 Å². The first-order chi connectivity index (χ1) is 9.58. The quantitative estimate of drug-likeness (QED) is 0.658. The molecule has 0 unspecified atom stereocenters. The van der Waals surface area contributed by atoms with Crippen LogP contribution in [-0.2, 0) is 0 Å². The molecular formula is C13H8Cl3N3S. The summed E-state index contributed by atoms with van der Waals surface area (Å²) in [4.78, 5) is 0. The van der Waals surface area contributed by atoms with Crippen molar-refractivity contribution in [2.24, 2.45) is 0 Å². The maximum atomic E-state index is 6.24. The number of nitrogens with zero attached hydrogens (tertiary/aromatic N) is 1. The van der Waals surface area contributed by atoms with Gasteiger partial charge in [-0.25, -0.2) is 0 Å². The lowest BCUT2D eigenvalue weighted by molar-refractivity contribution is 1.10. The summed E-state index contributed by atoms with van der Waals surface area (Å²) in [5, 5.41) is 7.55. The summed E-state index contributed by atoms with van der Waals surface area (Å²) >= 11 is 19.7. The number of aromatic nitrogens is 2. The molecule has 1 aromatic carbocycles. The topological polar surface area (TPSA) is 54.7 Å². The van der Waals surface area contributed by atoms with Crippen molar-refractivity contribution in [2.75, 3.05) is 5.73 Å². The minimum Gasteiger partial charge on any atom is -0.382 e. The maximum Gasteiger partial charge on any atom is 0.153 e. The van der Waals surface area contributed by atoms with E-state index in [0.29, 0.717) is 25.2 Å². The number of benzene rings is 1. The molecule has 0 aliphatic heterocycles. The predicted molar refractivity (Wildman–Crippen MR) is 86.8 cm³/mol. The lowest BCUT2D eigenvalue weighted by Crippen LogP contribution is -1.89. The number of hydrogen-bond acceptors (Lipinski definition) is 3. The van der Waals surface area contributed by atoms with Crippen molar-refractivity contribution < 1.29 is 0 Å². The molecule has 0 amide bonds. The second kappa shape index (κ2) is 5.30. The van der Waals surface area contributed by atoms with E-state index >= 15 is 0 Å². The van der Waals surface area contributed by atoms with Crippen LogP contribution in [0.2, 0.25) is 13.7 Å². The van der Waals surface area contributed by atoms with Crippen LogP contribution in [-0.4, -0.2) is 10.2 Å². The molecule has 2 aromatic heterocycles. The van der Waals surface area contributed by atoms with E-state index < -0.39 is 0 Å². The third-order valence-corrected chi connectivity index (χ3v) is 4.68. The predicted octanol–water partition coefficient (Wildman–Crippen LogP) is 5.35. The molecule has 0 aliphatic carbocycles. The maximum absolute atomic E-state index is 6.24. The summed E-state index contributed by atoms with van der Waals surface area (Å²) in [6, 6.07) is 9.21. The van der Waals surface area contributed by atoms with E-state index in [0.717, 1.165) is 16.7 Å². The van der Waals surface area contributed by atoms with Crippen LogP contribution >= 0.6 is 46.1 Å². The molecule has 3 N–H and O–H groups in total. The average Bonchev–Trinajstić information content (AvgIpc) is 2.93. The summed E-state index contributed by atoms with van der Waals surface area (Å²) in [7, 11) is 0. The van der Waals surface area contributed by atoms with Crippen molar-refractivity contribution >= 4 is 52.0 Å². The van der Waals surface area contributed by atoms with Gasteiger partial charge in [0.05, 0.1) is 15.6 Å². The number of halogens is 3. The van der Waals surface area contributed by atoms with Gasteiger partial charge in [-0.2, -0.15) is 5.10 Å². The lowest BCUT2D eigenvalue weighted by atomic mass is 10.0. The Hall–Kier alpha value is -1.20. The molecule has 20 heavy (non-hydrogen) atoms. The van der Waals surface area contributed by atoms with Crippen LogP contribution in [0.4, 0.5) is 5.82 Å². The molecule has 0 aliphatic rings. The Morgan fingerprint density at radius 2 is 1.85 bits per heavy atom. The minimum atomic E-state index is 0.367. The molecule has 3 nitrogen and oxygen atoms in total. The molecule has 2 heterocycles. The summed E-state index contributed by atoms with van der Waals surface area (Å²) in [6.45, 7) is 0. The van der Waals surface area contributed by atoms with Gasteiger partial charge in [-0.3, -0.25) is 5.10 Å². The molecule has 3 aromatic rings. The lowest BCUT2D eigenvalue weighted by Gasteiger charge is -2.05. The fourth-order valence-corrected chi connectivity index (χ4v) is 3.70. The summed E-state index contributed by atoms with van der Waals surface area (Å²) in [5.74, 6) is 0.367. The normalized spacial score (nSPS) is 10.9. The van der Waals surface area contributed by atoms with Gasteiger partial charge in [0, 0.05) is 16.1 Å². The Kier molecular flexibility index (Phi) is 3.65. The number of hydrogen-bond donors (Lipinski definition) is 2. The highest BCUT2D eigenvalue weighted by Crippen LogP contribution is 2.44. The number of aromatic amines is 1. The van der Waals surface area contributed by atoms with E-state index in [2.05, 4.69) is 10.2 Å². The standard InChI is InChI=1S/C13H8Cl3N3S/c14-8-4-2-1-3-6(8)10-11(18-19-13(10)17)7-5-9(15)20-12(7)16/h1-5H,(H3,17,18,19). The van der Waals surface area contributed by atoms with E-state index in [1.165, 1.54) is 11.3 Å². The van der Waals surface area contributed by atoms with Crippen LogP contribution in [0.15, 0.2) is 30.3 Å².